The molecule has 2 amide bonds. The van der Waals surface area contributed by atoms with Gasteiger partial charge in [-0.3, -0.25) is 14.3 Å². The Labute approximate surface area is 142 Å². The number of halogens is 1. The van der Waals surface area contributed by atoms with Gasteiger partial charge < -0.3 is 15.1 Å². The highest BCUT2D eigenvalue weighted by atomic mass is 35.5. The van der Waals surface area contributed by atoms with E-state index in [1.807, 2.05) is 0 Å². The largest absolute Gasteiger partial charge is 0.459 e. The number of aromatic nitrogens is 2. The molecule has 3 rings (SSSR count). The van der Waals surface area contributed by atoms with Crippen LogP contribution < -0.4 is 10.6 Å². The van der Waals surface area contributed by atoms with Crippen LogP contribution in [0.25, 0.3) is 0 Å². The van der Waals surface area contributed by atoms with Gasteiger partial charge >= 0.3 is 0 Å². The molecule has 0 radical (unpaired) electrons. The lowest BCUT2D eigenvalue weighted by atomic mass is 10.3. The molecule has 0 aliphatic carbocycles. The number of nitrogens with one attached hydrogen (secondary N) is 2. The minimum Gasteiger partial charge on any atom is -0.459 e. The fourth-order valence-corrected chi connectivity index (χ4v) is 2.23. The molecular weight excluding hydrogens is 332 g/mol. The highest BCUT2D eigenvalue weighted by Gasteiger charge is 2.16. The molecular formula is C16H13ClN4O3. The van der Waals surface area contributed by atoms with E-state index in [2.05, 4.69) is 15.7 Å². The lowest BCUT2D eigenvalue weighted by molar-refractivity contribution is 0.0993. The van der Waals surface area contributed by atoms with E-state index in [1.54, 1.807) is 43.4 Å². The molecule has 24 heavy (non-hydrogen) atoms. The lowest BCUT2D eigenvalue weighted by Crippen LogP contribution is -2.13. The number of furan rings is 1. The van der Waals surface area contributed by atoms with Crippen molar-refractivity contribution in [1.82, 2.24) is 9.78 Å². The maximum absolute atomic E-state index is 12.2. The quantitative estimate of drug-likeness (QED) is 0.760. The fraction of sp³-hybridized carbons (Fsp3) is 0.0625. The summed E-state index contributed by atoms with van der Waals surface area (Å²) in [7, 11) is 1.62. The molecule has 0 aliphatic rings. The van der Waals surface area contributed by atoms with E-state index in [0.29, 0.717) is 16.5 Å². The molecule has 0 saturated heterocycles. The molecule has 0 saturated carbocycles. The van der Waals surface area contributed by atoms with Gasteiger partial charge in [0.1, 0.15) is 5.82 Å². The van der Waals surface area contributed by atoms with Crippen LogP contribution >= 0.6 is 11.6 Å². The fourth-order valence-electron chi connectivity index (χ4n) is 2.04. The molecule has 0 aliphatic heterocycles. The zero-order valence-corrected chi connectivity index (χ0v) is 13.4. The summed E-state index contributed by atoms with van der Waals surface area (Å²) >= 11 is 5.88. The van der Waals surface area contributed by atoms with Gasteiger partial charge in [-0.05, 0) is 30.3 Å². The summed E-state index contributed by atoms with van der Waals surface area (Å²) in [6.07, 6.45) is 1.40. The number of hydrogen-bond acceptors (Lipinski definition) is 4. The van der Waals surface area contributed by atoms with Crippen molar-refractivity contribution in [2.75, 3.05) is 10.6 Å². The second-order valence-corrected chi connectivity index (χ2v) is 5.37. The van der Waals surface area contributed by atoms with Crippen molar-refractivity contribution in [3.63, 3.8) is 0 Å². The van der Waals surface area contributed by atoms with Gasteiger partial charge in [0.2, 0.25) is 0 Å². The molecule has 0 spiro atoms. The van der Waals surface area contributed by atoms with Gasteiger partial charge in [-0.15, -0.1) is 0 Å². The van der Waals surface area contributed by atoms with E-state index >= 15 is 0 Å². The van der Waals surface area contributed by atoms with Gasteiger partial charge in [0.25, 0.3) is 11.8 Å². The third-order valence-corrected chi connectivity index (χ3v) is 3.42. The second-order valence-electron chi connectivity index (χ2n) is 4.93. The molecule has 0 unspecified atom stereocenters. The van der Waals surface area contributed by atoms with Gasteiger partial charge in [0, 0.05) is 23.8 Å². The molecule has 1 aromatic carbocycles. The molecule has 2 heterocycles. The van der Waals surface area contributed by atoms with E-state index in [0.717, 1.165) is 0 Å². The second kappa shape index (κ2) is 6.59. The Morgan fingerprint density at radius 3 is 2.67 bits per heavy atom. The normalized spacial score (nSPS) is 10.4. The summed E-state index contributed by atoms with van der Waals surface area (Å²) in [5.41, 5.74) is 0.714. The smallest absolute Gasteiger partial charge is 0.292 e. The van der Waals surface area contributed by atoms with Crippen molar-refractivity contribution in [1.29, 1.82) is 0 Å². The number of amides is 2. The van der Waals surface area contributed by atoms with Gasteiger partial charge in [-0.2, -0.15) is 5.10 Å². The molecule has 3 aromatic rings. The van der Waals surface area contributed by atoms with Gasteiger partial charge in [0.05, 0.1) is 6.26 Å². The number of hydrogen-bond donors (Lipinski definition) is 2. The summed E-state index contributed by atoms with van der Waals surface area (Å²) in [4.78, 5) is 24.2. The highest BCUT2D eigenvalue weighted by Crippen LogP contribution is 2.17. The average molecular weight is 345 g/mol. The average Bonchev–Trinajstić information content (AvgIpc) is 3.18. The standard InChI is InChI=1S/C16H13ClN4O3/c1-21-14(19-16(23)13-6-3-7-24-13)9-12(20-21)15(22)18-11-5-2-4-10(17)8-11/h2-9H,1H3,(H,18,22)(H,19,23). The van der Waals surface area contributed by atoms with Crippen LogP contribution in [0.2, 0.25) is 5.02 Å². The molecule has 0 bridgehead atoms. The van der Waals surface area contributed by atoms with Crippen molar-refractivity contribution < 1.29 is 14.0 Å². The van der Waals surface area contributed by atoms with E-state index < -0.39 is 11.8 Å². The van der Waals surface area contributed by atoms with Crippen molar-refractivity contribution >= 4 is 34.9 Å². The molecule has 8 heteroatoms. The zero-order chi connectivity index (χ0) is 17.1. The lowest BCUT2D eigenvalue weighted by Gasteiger charge is -2.02. The molecule has 0 atom stereocenters. The minimum absolute atomic E-state index is 0.159. The van der Waals surface area contributed by atoms with Crippen molar-refractivity contribution in [3.8, 4) is 0 Å². The van der Waals surface area contributed by atoms with Gasteiger partial charge in [-0.1, -0.05) is 17.7 Å². The van der Waals surface area contributed by atoms with Crippen molar-refractivity contribution in [2.45, 2.75) is 0 Å². The van der Waals surface area contributed by atoms with E-state index in [4.69, 9.17) is 16.0 Å². The first-order valence-electron chi connectivity index (χ1n) is 6.99. The summed E-state index contributed by atoms with van der Waals surface area (Å²) < 4.78 is 6.41. The number of carbonyl (C=O) groups is 2. The van der Waals surface area contributed by atoms with E-state index in [-0.39, 0.29) is 11.5 Å². The summed E-state index contributed by atoms with van der Waals surface area (Å²) in [5.74, 6) is -0.301. The Morgan fingerprint density at radius 2 is 1.96 bits per heavy atom. The van der Waals surface area contributed by atoms with Crippen LogP contribution in [-0.2, 0) is 7.05 Å². The topological polar surface area (TPSA) is 89.2 Å². The van der Waals surface area contributed by atoms with E-state index in [1.165, 1.54) is 17.0 Å². The number of rotatable bonds is 4. The van der Waals surface area contributed by atoms with Crippen LogP contribution in [0.1, 0.15) is 21.0 Å². The minimum atomic E-state index is -0.426. The summed E-state index contributed by atoms with van der Waals surface area (Å²) in [5, 5.41) is 9.92. The predicted molar refractivity (Wildman–Crippen MR) is 89.3 cm³/mol. The number of anilines is 2. The maximum atomic E-state index is 12.2. The Morgan fingerprint density at radius 1 is 1.12 bits per heavy atom. The Balaban J connectivity index is 1.73. The number of aryl methyl sites for hydroxylation is 1. The van der Waals surface area contributed by atoms with E-state index in [9.17, 15) is 9.59 Å². The Hall–Kier alpha value is -3.06. The third kappa shape index (κ3) is 3.47. The first-order valence-corrected chi connectivity index (χ1v) is 7.36. The van der Waals surface area contributed by atoms with Crippen LogP contribution in [0.4, 0.5) is 11.5 Å². The van der Waals surface area contributed by atoms with Crippen LogP contribution in [0.15, 0.2) is 53.1 Å². The Bertz CT molecular complexity index is 887. The first-order chi connectivity index (χ1) is 11.5. The first kappa shape index (κ1) is 15.8. The summed E-state index contributed by atoms with van der Waals surface area (Å²) in [6.45, 7) is 0. The monoisotopic (exact) mass is 344 g/mol. The third-order valence-electron chi connectivity index (χ3n) is 3.18. The van der Waals surface area contributed by atoms with Crippen molar-refractivity contribution in [3.05, 3.63) is 65.2 Å². The maximum Gasteiger partial charge on any atom is 0.292 e. The van der Waals surface area contributed by atoms with Crippen LogP contribution in [0.5, 0.6) is 0 Å². The zero-order valence-electron chi connectivity index (χ0n) is 12.6. The molecule has 0 fully saturated rings. The SMILES string of the molecule is Cn1nc(C(=O)Nc2cccc(Cl)c2)cc1NC(=O)c1ccco1. The number of nitrogens with zero attached hydrogens (tertiary/aromatic N) is 2. The molecule has 2 N–H and O–H groups in total. The number of carbonyl (C=O) groups excluding carboxylic acids is 2. The predicted octanol–water partition coefficient (Wildman–Crippen LogP) is 3.17. The van der Waals surface area contributed by atoms with Gasteiger partial charge in [-0.25, -0.2) is 0 Å². The van der Waals surface area contributed by atoms with Crippen LogP contribution in [0.3, 0.4) is 0 Å². The Kier molecular flexibility index (Phi) is 4.35. The van der Waals surface area contributed by atoms with Crippen molar-refractivity contribution in [2.24, 2.45) is 7.05 Å². The van der Waals surface area contributed by atoms with Crippen LogP contribution in [-0.4, -0.2) is 21.6 Å². The van der Waals surface area contributed by atoms with Crippen LogP contribution in [0, 0.1) is 0 Å². The number of benzene rings is 1. The molecule has 2 aromatic heterocycles. The summed E-state index contributed by atoms with van der Waals surface area (Å²) in [6, 6.07) is 11.4. The molecule has 122 valence electrons. The highest BCUT2D eigenvalue weighted by molar-refractivity contribution is 6.30. The van der Waals surface area contributed by atoms with Gasteiger partial charge in [0.15, 0.2) is 11.5 Å². The molecule has 7 nitrogen and oxygen atoms in total.